The fraction of sp³-hybridized carbons (Fsp3) is 0.700. The molecule has 0 amide bonds. The lowest BCUT2D eigenvalue weighted by Crippen LogP contribution is -2.09. The number of nitrogens with zero attached hydrogens (tertiary/aromatic N) is 1. The Morgan fingerprint density at radius 2 is 2.09 bits per heavy atom. The molecular formula is C10H17N. The number of nitriles is 1. The van der Waals surface area contributed by atoms with Gasteiger partial charge in [0.15, 0.2) is 0 Å². The molecule has 0 atom stereocenters. The molecule has 0 aromatic rings. The van der Waals surface area contributed by atoms with Crippen molar-refractivity contribution in [2.24, 2.45) is 5.41 Å². The standard InChI is InChI=1S/C10H17N/c1-4-5-7-10(2,3)8-6-9-11/h4H,1,5-8H2,2-3H3. The van der Waals surface area contributed by atoms with E-state index in [0.717, 1.165) is 19.3 Å². The monoisotopic (exact) mass is 151 g/mol. The van der Waals surface area contributed by atoms with E-state index in [2.05, 4.69) is 26.5 Å². The molecule has 0 saturated carbocycles. The average Bonchev–Trinajstić information content (AvgIpc) is 1.97. The van der Waals surface area contributed by atoms with Crippen LogP contribution in [0.4, 0.5) is 0 Å². The predicted molar refractivity (Wildman–Crippen MR) is 48.1 cm³/mol. The SMILES string of the molecule is C=CCCC(C)(C)CCC#N. The van der Waals surface area contributed by atoms with E-state index in [9.17, 15) is 0 Å². The molecule has 0 unspecified atom stereocenters. The molecule has 0 heterocycles. The molecule has 0 aliphatic carbocycles. The molecule has 11 heavy (non-hydrogen) atoms. The Hall–Kier alpha value is -0.770. The minimum atomic E-state index is 0.309. The lowest BCUT2D eigenvalue weighted by molar-refractivity contribution is 0.314. The minimum absolute atomic E-state index is 0.309. The zero-order chi connectivity index (χ0) is 8.74. The van der Waals surface area contributed by atoms with Crippen LogP contribution < -0.4 is 0 Å². The summed E-state index contributed by atoms with van der Waals surface area (Å²) in [6.45, 7) is 8.08. The molecule has 0 aromatic carbocycles. The first kappa shape index (κ1) is 10.2. The summed E-state index contributed by atoms with van der Waals surface area (Å²) in [6.07, 6.45) is 5.80. The third kappa shape index (κ3) is 5.66. The second-order valence-electron chi connectivity index (χ2n) is 3.65. The van der Waals surface area contributed by atoms with E-state index >= 15 is 0 Å². The Labute approximate surface area is 69.7 Å². The number of allylic oxidation sites excluding steroid dienone is 1. The molecule has 0 aliphatic rings. The van der Waals surface area contributed by atoms with E-state index in [0.29, 0.717) is 11.8 Å². The summed E-state index contributed by atoms with van der Waals surface area (Å²) in [4.78, 5) is 0. The summed E-state index contributed by atoms with van der Waals surface area (Å²) in [7, 11) is 0. The summed E-state index contributed by atoms with van der Waals surface area (Å²) in [5, 5.41) is 8.38. The number of hydrogen-bond acceptors (Lipinski definition) is 1. The maximum Gasteiger partial charge on any atom is 0.0621 e. The Balaban J connectivity index is 3.62. The molecular weight excluding hydrogens is 134 g/mol. The van der Waals surface area contributed by atoms with Gasteiger partial charge in [-0.25, -0.2) is 0 Å². The molecule has 0 aromatic heterocycles. The van der Waals surface area contributed by atoms with Gasteiger partial charge in [-0.05, 0) is 24.7 Å². The Morgan fingerprint density at radius 1 is 1.45 bits per heavy atom. The molecule has 0 saturated heterocycles. The quantitative estimate of drug-likeness (QED) is 0.553. The van der Waals surface area contributed by atoms with Crippen molar-refractivity contribution in [3.63, 3.8) is 0 Å². The van der Waals surface area contributed by atoms with Crippen LogP contribution in [-0.4, -0.2) is 0 Å². The molecule has 0 bridgehead atoms. The van der Waals surface area contributed by atoms with Crippen molar-refractivity contribution in [1.82, 2.24) is 0 Å². The molecule has 0 spiro atoms. The van der Waals surface area contributed by atoms with Crippen LogP contribution in [0.3, 0.4) is 0 Å². The summed E-state index contributed by atoms with van der Waals surface area (Å²) >= 11 is 0. The van der Waals surface area contributed by atoms with Crippen molar-refractivity contribution >= 4 is 0 Å². The third-order valence-electron chi connectivity index (χ3n) is 1.94. The van der Waals surface area contributed by atoms with Crippen molar-refractivity contribution in [1.29, 1.82) is 5.26 Å². The Morgan fingerprint density at radius 3 is 2.55 bits per heavy atom. The lowest BCUT2D eigenvalue weighted by Gasteiger charge is -2.22. The number of rotatable bonds is 5. The van der Waals surface area contributed by atoms with Gasteiger partial charge in [0.2, 0.25) is 0 Å². The van der Waals surface area contributed by atoms with E-state index in [-0.39, 0.29) is 0 Å². The van der Waals surface area contributed by atoms with Gasteiger partial charge in [0.05, 0.1) is 6.07 Å². The molecule has 62 valence electrons. The van der Waals surface area contributed by atoms with Gasteiger partial charge in [-0.15, -0.1) is 6.58 Å². The van der Waals surface area contributed by atoms with Crippen LogP contribution in [0.15, 0.2) is 12.7 Å². The zero-order valence-electron chi connectivity index (χ0n) is 7.56. The Bertz CT molecular complexity index is 151. The van der Waals surface area contributed by atoms with Crippen molar-refractivity contribution in [3.8, 4) is 6.07 Å². The molecule has 1 nitrogen and oxygen atoms in total. The molecule has 0 fully saturated rings. The summed E-state index contributed by atoms with van der Waals surface area (Å²) in [6, 6.07) is 2.17. The van der Waals surface area contributed by atoms with Gasteiger partial charge in [-0.1, -0.05) is 19.9 Å². The largest absolute Gasteiger partial charge is 0.198 e. The highest BCUT2D eigenvalue weighted by Crippen LogP contribution is 2.27. The predicted octanol–water partition coefficient (Wildman–Crippen LogP) is 3.28. The van der Waals surface area contributed by atoms with Crippen molar-refractivity contribution in [2.45, 2.75) is 39.5 Å². The molecule has 0 rings (SSSR count). The van der Waals surface area contributed by atoms with Gasteiger partial charge in [0, 0.05) is 6.42 Å². The fourth-order valence-electron chi connectivity index (χ4n) is 1.01. The normalized spacial score (nSPS) is 10.6. The van der Waals surface area contributed by atoms with Crippen LogP contribution in [0, 0.1) is 16.7 Å². The van der Waals surface area contributed by atoms with Crippen LogP contribution in [-0.2, 0) is 0 Å². The average molecular weight is 151 g/mol. The van der Waals surface area contributed by atoms with Gasteiger partial charge in [0.25, 0.3) is 0 Å². The molecule has 1 heteroatoms. The van der Waals surface area contributed by atoms with E-state index in [4.69, 9.17) is 5.26 Å². The smallest absolute Gasteiger partial charge is 0.0621 e. The third-order valence-corrected chi connectivity index (χ3v) is 1.94. The van der Waals surface area contributed by atoms with Gasteiger partial charge in [-0.2, -0.15) is 5.26 Å². The first-order chi connectivity index (χ1) is 5.12. The van der Waals surface area contributed by atoms with Crippen LogP contribution in [0.25, 0.3) is 0 Å². The molecule has 0 aliphatic heterocycles. The topological polar surface area (TPSA) is 23.8 Å². The lowest BCUT2D eigenvalue weighted by atomic mass is 9.83. The highest BCUT2D eigenvalue weighted by atomic mass is 14.3. The first-order valence-electron chi connectivity index (χ1n) is 4.10. The van der Waals surface area contributed by atoms with Crippen molar-refractivity contribution < 1.29 is 0 Å². The van der Waals surface area contributed by atoms with E-state index in [1.165, 1.54) is 0 Å². The molecule has 0 radical (unpaired) electrons. The maximum atomic E-state index is 8.38. The zero-order valence-corrected chi connectivity index (χ0v) is 7.56. The molecule has 0 N–H and O–H groups in total. The van der Waals surface area contributed by atoms with Crippen LogP contribution in [0.5, 0.6) is 0 Å². The number of hydrogen-bond donors (Lipinski definition) is 0. The highest BCUT2D eigenvalue weighted by Gasteiger charge is 2.15. The van der Waals surface area contributed by atoms with Gasteiger partial charge >= 0.3 is 0 Å². The maximum absolute atomic E-state index is 8.38. The van der Waals surface area contributed by atoms with E-state index < -0.39 is 0 Å². The van der Waals surface area contributed by atoms with Crippen LogP contribution in [0.2, 0.25) is 0 Å². The van der Waals surface area contributed by atoms with Gasteiger partial charge in [-0.3, -0.25) is 0 Å². The minimum Gasteiger partial charge on any atom is -0.198 e. The van der Waals surface area contributed by atoms with Crippen LogP contribution in [0.1, 0.15) is 39.5 Å². The summed E-state index contributed by atoms with van der Waals surface area (Å²) in [5.74, 6) is 0. The Kier molecular flexibility index (Phi) is 4.61. The van der Waals surface area contributed by atoms with Crippen LogP contribution >= 0.6 is 0 Å². The van der Waals surface area contributed by atoms with Gasteiger partial charge < -0.3 is 0 Å². The second kappa shape index (κ2) is 4.96. The second-order valence-corrected chi connectivity index (χ2v) is 3.65. The van der Waals surface area contributed by atoms with E-state index in [1.54, 1.807) is 0 Å². The highest BCUT2D eigenvalue weighted by molar-refractivity contribution is 4.79. The van der Waals surface area contributed by atoms with E-state index in [1.807, 2.05) is 6.08 Å². The first-order valence-corrected chi connectivity index (χ1v) is 4.10. The van der Waals surface area contributed by atoms with Crippen molar-refractivity contribution in [2.75, 3.05) is 0 Å². The van der Waals surface area contributed by atoms with Gasteiger partial charge in [0.1, 0.15) is 0 Å². The fourth-order valence-corrected chi connectivity index (χ4v) is 1.01. The van der Waals surface area contributed by atoms with Crippen molar-refractivity contribution in [3.05, 3.63) is 12.7 Å². The summed E-state index contributed by atoms with van der Waals surface area (Å²) < 4.78 is 0. The summed E-state index contributed by atoms with van der Waals surface area (Å²) in [5.41, 5.74) is 0.309.